The first-order valence-corrected chi connectivity index (χ1v) is 6.90. The van der Waals surface area contributed by atoms with E-state index in [0.717, 1.165) is 24.5 Å². The predicted octanol–water partition coefficient (Wildman–Crippen LogP) is 2.08. The molecular formula is C16H19NO4. The SMILES string of the molecule is CC1(NC(=O)c2ccc(/C=C/C(=O)O)cc2)CCOCC1. The highest BCUT2D eigenvalue weighted by molar-refractivity contribution is 5.95. The second-order valence-corrected chi connectivity index (χ2v) is 5.42. The molecule has 1 fully saturated rings. The average molecular weight is 289 g/mol. The van der Waals surface area contributed by atoms with E-state index in [1.807, 2.05) is 6.92 Å². The van der Waals surface area contributed by atoms with E-state index in [1.165, 1.54) is 6.08 Å². The van der Waals surface area contributed by atoms with Crippen LogP contribution in [0.1, 0.15) is 35.7 Å². The van der Waals surface area contributed by atoms with Gasteiger partial charge in [0.15, 0.2) is 0 Å². The smallest absolute Gasteiger partial charge is 0.328 e. The van der Waals surface area contributed by atoms with Crippen LogP contribution >= 0.6 is 0 Å². The zero-order valence-electron chi connectivity index (χ0n) is 12.0. The summed E-state index contributed by atoms with van der Waals surface area (Å²) in [5.41, 5.74) is 1.08. The van der Waals surface area contributed by atoms with Gasteiger partial charge < -0.3 is 15.2 Å². The fourth-order valence-corrected chi connectivity index (χ4v) is 2.21. The Balaban J connectivity index is 2.01. The second kappa shape index (κ2) is 6.54. The molecule has 5 nitrogen and oxygen atoms in total. The van der Waals surface area contributed by atoms with Gasteiger partial charge in [-0.05, 0) is 43.5 Å². The number of amides is 1. The van der Waals surface area contributed by atoms with E-state index in [-0.39, 0.29) is 11.4 Å². The largest absolute Gasteiger partial charge is 0.478 e. The molecule has 0 saturated carbocycles. The number of ether oxygens (including phenoxy) is 1. The van der Waals surface area contributed by atoms with Crippen LogP contribution in [0.3, 0.4) is 0 Å². The Hall–Kier alpha value is -2.14. The Labute approximate surface area is 123 Å². The van der Waals surface area contributed by atoms with Gasteiger partial charge in [0.2, 0.25) is 0 Å². The molecule has 1 aromatic rings. The van der Waals surface area contributed by atoms with Crippen LogP contribution < -0.4 is 5.32 Å². The molecule has 0 atom stereocenters. The number of hydrogen-bond acceptors (Lipinski definition) is 3. The fourth-order valence-electron chi connectivity index (χ4n) is 2.21. The predicted molar refractivity (Wildman–Crippen MR) is 79.0 cm³/mol. The lowest BCUT2D eigenvalue weighted by atomic mass is 9.92. The first kappa shape index (κ1) is 15.3. The Morgan fingerprint density at radius 1 is 1.24 bits per heavy atom. The Morgan fingerprint density at radius 2 is 1.86 bits per heavy atom. The third-order valence-corrected chi connectivity index (χ3v) is 3.60. The van der Waals surface area contributed by atoms with Gasteiger partial charge in [0, 0.05) is 30.4 Å². The number of aliphatic carboxylic acids is 1. The summed E-state index contributed by atoms with van der Waals surface area (Å²) in [6, 6.07) is 6.83. The summed E-state index contributed by atoms with van der Waals surface area (Å²) in [6.07, 6.45) is 4.16. The fraction of sp³-hybridized carbons (Fsp3) is 0.375. The number of benzene rings is 1. The van der Waals surface area contributed by atoms with Crippen molar-refractivity contribution in [3.63, 3.8) is 0 Å². The topological polar surface area (TPSA) is 75.6 Å². The molecule has 1 aliphatic heterocycles. The van der Waals surface area contributed by atoms with Crippen LogP contribution in [0.2, 0.25) is 0 Å². The van der Waals surface area contributed by atoms with Crippen molar-refractivity contribution in [1.82, 2.24) is 5.32 Å². The summed E-state index contributed by atoms with van der Waals surface area (Å²) >= 11 is 0. The summed E-state index contributed by atoms with van der Waals surface area (Å²) < 4.78 is 5.31. The van der Waals surface area contributed by atoms with E-state index >= 15 is 0 Å². The molecule has 5 heteroatoms. The summed E-state index contributed by atoms with van der Waals surface area (Å²) in [4.78, 5) is 22.7. The maximum Gasteiger partial charge on any atom is 0.328 e. The van der Waals surface area contributed by atoms with Crippen LogP contribution in [-0.4, -0.2) is 35.7 Å². The molecule has 1 saturated heterocycles. The highest BCUT2D eigenvalue weighted by Crippen LogP contribution is 2.20. The average Bonchev–Trinajstić information content (AvgIpc) is 2.46. The van der Waals surface area contributed by atoms with Gasteiger partial charge in [0.05, 0.1) is 0 Å². The minimum Gasteiger partial charge on any atom is -0.478 e. The van der Waals surface area contributed by atoms with Gasteiger partial charge in [-0.25, -0.2) is 4.79 Å². The van der Waals surface area contributed by atoms with Gasteiger partial charge in [0.1, 0.15) is 0 Å². The van der Waals surface area contributed by atoms with Crippen molar-refractivity contribution in [3.05, 3.63) is 41.5 Å². The molecule has 2 rings (SSSR count). The molecule has 1 heterocycles. The minimum atomic E-state index is -0.996. The number of carboxylic acid groups (broad SMARTS) is 1. The molecule has 1 amide bonds. The molecule has 21 heavy (non-hydrogen) atoms. The quantitative estimate of drug-likeness (QED) is 0.832. The highest BCUT2D eigenvalue weighted by Gasteiger charge is 2.29. The summed E-state index contributed by atoms with van der Waals surface area (Å²) in [7, 11) is 0. The zero-order valence-corrected chi connectivity index (χ0v) is 12.0. The molecule has 0 aliphatic carbocycles. The van der Waals surface area contributed by atoms with Crippen molar-refractivity contribution in [2.45, 2.75) is 25.3 Å². The molecule has 112 valence electrons. The van der Waals surface area contributed by atoms with E-state index < -0.39 is 5.97 Å². The lowest BCUT2D eigenvalue weighted by molar-refractivity contribution is -0.131. The summed E-state index contributed by atoms with van der Waals surface area (Å²) in [5.74, 6) is -1.11. The van der Waals surface area contributed by atoms with Crippen LogP contribution in [0.15, 0.2) is 30.3 Å². The van der Waals surface area contributed by atoms with E-state index in [1.54, 1.807) is 24.3 Å². The van der Waals surface area contributed by atoms with Gasteiger partial charge in [-0.2, -0.15) is 0 Å². The Bertz CT molecular complexity index is 542. The molecule has 0 spiro atoms. The molecule has 0 radical (unpaired) electrons. The van der Waals surface area contributed by atoms with Crippen LogP contribution in [0.4, 0.5) is 0 Å². The Morgan fingerprint density at radius 3 is 2.43 bits per heavy atom. The van der Waals surface area contributed by atoms with Crippen molar-refractivity contribution in [3.8, 4) is 0 Å². The van der Waals surface area contributed by atoms with Crippen molar-refractivity contribution in [2.24, 2.45) is 0 Å². The lowest BCUT2D eigenvalue weighted by Gasteiger charge is -2.34. The first-order valence-electron chi connectivity index (χ1n) is 6.90. The molecule has 2 N–H and O–H groups in total. The molecule has 0 aromatic heterocycles. The van der Waals surface area contributed by atoms with Crippen LogP contribution in [0, 0.1) is 0 Å². The summed E-state index contributed by atoms with van der Waals surface area (Å²) in [5, 5.41) is 11.6. The van der Waals surface area contributed by atoms with Gasteiger partial charge in [0.25, 0.3) is 5.91 Å². The van der Waals surface area contributed by atoms with E-state index in [0.29, 0.717) is 18.8 Å². The number of nitrogens with one attached hydrogen (secondary N) is 1. The molecule has 1 aliphatic rings. The highest BCUT2D eigenvalue weighted by atomic mass is 16.5. The van der Waals surface area contributed by atoms with Gasteiger partial charge in [-0.3, -0.25) is 4.79 Å². The van der Waals surface area contributed by atoms with Crippen LogP contribution in [0.5, 0.6) is 0 Å². The zero-order chi connectivity index (χ0) is 15.3. The molecular weight excluding hydrogens is 270 g/mol. The number of carboxylic acids is 1. The van der Waals surface area contributed by atoms with Crippen LogP contribution in [-0.2, 0) is 9.53 Å². The number of carbonyl (C=O) groups excluding carboxylic acids is 1. The van der Waals surface area contributed by atoms with Gasteiger partial charge in [-0.1, -0.05) is 12.1 Å². The van der Waals surface area contributed by atoms with E-state index in [4.69, 9.17) is 9.84 Å². The van der Waals surface area contributed by atoms with Crippen molar-refractivity contribution in [1.29, 1.82) is 0 Å². The van der Waals surface area contributed by atoms with Crippen molar-refractivity contribution >= 4 is 18.0 Å². The van der Waals surface area contributed by atoms with E-state index in [2.05, 4.69) is 5.32 Å². The third kappa shape index (κ3) is 4.43. The van der Waals surface area contributed by atoms with Crippen LogP contribution in [0.25, 0.3) is 6.08 Å². The minimum absolute atomic E-state index is 0.117. The van der Waals surface area contributed by atoms with E-state index in [9.17, 15) is 9.59 Å². The Kier molecular flexibility index (Phi) is 4.75. The number of carbonyl (C=O) groups is 2. The van der Waals surface area contributed by atoms with Gasteiger partial charge >= 0.3 is 5.97 Å². The normalized spacial score (nSPS) is 17.6. The standard InChI is InChI=1S/C16H19NO4/c1-16(8-10-21-11-9-16)17-15(20)13-5-2-12(3-6-13)4-7-14(18)19/h2-7H,8-11H2,1H3,(H,17,20)(H,18,19)/b7-4+. The molecule has 0 unspecified atom stereocenters. The monoisotopic (exact) mass is 289 g/mol. The molecule has 1 aromatic carbocycles. The number of hydrogen-bond donors (Lipinski definition) is 2. The maximum absolute atomic E-state index is 12.2. The lowest BCUT2D eigenvalue weighted by Crippen LogP contribution is -2.49. The van der Waals surface area contributed by atoms with Gasteiger partial charge in [-0.15, -0.1) is 0 Å². The third-order valence-electron chi connectivity index (χ3n) is 3.60. The maximum atomic E-state index is 12.2. The molecule has 0 bridgehead atoms. The van der Waals surface area contributed by atoms with Crippen molar-refractivity contribution in [2.75, 3.05) is 13.2 Å². The summed E-state index contributed by atoms with van der Waals surface area (Å²) in [6.45, 7) is 3.35. The van der Waals surface area contributed by atoms with Crippen molar-refractivity contribution < 1.29 is 19.4 Å². The first-order chi connectivity index (χ1) is 9.98. The second-order valence-electron chi connectivity index (χ2n) is 5.42. The number of rotatable bonds is 4.